The maximum absolute atomic E-state index is 12.3. The van der Waals surface area contributed by atoms with Crippen LogP contribution in [0, 0.1) is 0 Å². The first-order chi connectivity index (χ1) is 10.7. The summed E-state index contributed by atoms with van der Waals surface area (Å²) in [6, 6.07) is 10.0. The van der Waals surface area contributed by atoms with E-state index in [-0.39, 0.29) is 11.9 Å². The fourth-order valence-electron chi connectivity index (χ4n) is 2.85. The molecule has 0 unspecified atom stereocenters. The molecule has 1 aliphatic rings. The van der Waals surface area contributed by atoms with Gasteiger partial charge in [0.15, 0.2) is 0 Å². The number of carbonyl (C=O) groups is 1. The first kappa shape index (κ1) is 14.7. The van der Waals surface area contributed by atoms with Gasteiger partial charge in [-0.15, -0.1) is 10.2 Å². The molecule has 0 aliphatic carbocycles. The van der Waals surface area contributed by atoms with E-state index in [4.69, 9.17) is 5.73 Å². The number of carbonyl (C=O) groups excluding carboxylic acids is 1. The van der Waals surface area contributed by atoms with E-state index in [9.17, 15) is 4.79 Å². The lowest BCUT2D eigenvalue weighted by Gasteiger charge is -2.30. The molecule has 2 heterocycles. The average molecular weight is 299 g/mol. The molecule has 1 fully saturated rings. The highest BCUT2D eigenvalue weighted by Crippen LogP contribution is 2.13. The molecule has 1 saturated heterocycles. The van der Waals surface area contributed by atoms with Crippen LogP contribution in [0.3, 0.4) is 0 Å². The highest BCUT2D eigenvalue weighted by molar-refractivity contribution is 5.76. The van der Waals surface area contributed by atoms with Gasteiger partial charge in [0.1, 0.15) is 12.2 Å². The summed E-state index contributed by atoms with van der Waals surface area (Å²) in [5, 5.41) is 8.11. The largest absolute Gasteiger partial charge is 0.341 e. The van der Waals surface area contributed by atoms with E-state index < -0.39 is 0 Å². The van der Waals surface area contributed by atoms with Gasteiger partial charge in [0.25, 0.3) is 0 Å². The minimum Gasteiger partial charge on any atom is -0.341 e. The average Bonchev–Trinajstić information content (AvgIpc) is 3.02. The molecule has 0 spiro atoms. The normalized spacial score (nSPS) is 18.4. The minimum atomic E-state index is 0.116. The Labute approximate surface area is 129 Å². The van der Waals surface area contributed by atoms with Crippen molar-refractivity contribution in [1.29, 1.82) is 0 Å². The third-order valence-electron chi connectivity index (χ3n) is 4.03. The Kier molecular flexibility index (Phi) is 4.48. The Morgan fingerprint density at radius 1 is 1.32 bits per heavy atom. The zero-order valence-electron chi connectivity index (χ0n) is 12.6. The molecule has 6 heteroatoms. The lowest BCUT2D eigenvalue weighted by molar-refractivity contribution is -0.132. The van der Waals surface area contributed by atoms with Gasteiger partial charge in [0.05, 0.1) is 0 Å². The van der Waals surface area contributed by atoms with Gasteiger partial charge in [0.2, 0.25) is 5.91 Å². The van der Waals surface area contributed by atoms with Gasteiger partial charge in [-0.05, 0) is 25.0 Å². The number of hydrogen-bond donors (Lipinski definition) is 1. The Morgan fingerprint density at radius 3 is 2.91 bits per heavy atom. The molecule has 2 N–H and O–H groups in total. The second kappa shape index (κ2) is 6.70. The van der Waals surface area contributed by atoms with Crippen LogP contribution < -0.4 is 5.73 Å². The van der Waals surface area contributed by atoms with Crippen LogP contribution in [0.25, 0.3) is 5.69 Å². The standard InChI is InChI=1S/C16H21N5O/c17-13-5-4-10-20(11-13)16(22)9-8-15-19-18-12-21(15)14-6-2-1-3-7-14/h1-3,6-7,12-13H,4-5,8-11,17H2/t13-/m0/s1. The summed E-state index contributed by atoms with van der Waals surface area (Å²) in [5.41, 5.74) is 6.94. The predicted molar refractivity (Wildman–Crippen MR) is 83.5 cm³/mol. The summed E-state index contributed by atoms with van der Waals surface area (Å²) in [4.78, 5) is 14.2. The summed E-state index contributed by atoms with van der Waals surface area (Å²) < 4.78 is 1.93. The zero-order chi connectivity index (χ0) is 15.4. The Hall–Kier alpha value is -2.21. The molecule has 1 aliphatic heterocycles. The van der Waals surface area contributed by atoms with Crippen LogP contribution >= 0.6 is 0 Å². The number of likely N-dealkylation sites (tertiary alicyclic amines) is 1. The Bertz CT molecular complexity index is 624. The topological polar surface area (TPSA) is 77.0 Å². The van der Waals surface area contributed by atoms with Crippen LogP contribution in [0.4, 0.5) is 0 Å². The Balaban J connectivity index is 1.63. The van der Waals surface area contributed by atoms with E-state index in [2.05, 4.69) is 10.2 Å². The van der Waals surface area contributed by atoms with Crippen LogP contribution in [0.1, 0.15) is 25.1 Å². The van der Waals surface area contributed by atoms with Gasteiger partial charge in [-0.1, -0.05) is 18.2 Å². The lowest BCUT2D eigenvalue weighted by Crippen LogP contribution is -2.45. The highest BCUT2D eigenvalue weighted by atomic mass is 16.2. The van der Waals surface area contributed by atoms with E-state index in [1.165, 1.54) is 0 Å². The molecule has 0 saturated carbocycles. The summed E-state index contributed by atoms with van der Waals surface area (Å²) in [6.07, 6.45) is 4.71. The number of piperidine rings is 1. The number of benzene rings is 1. The molecule has 2 aromatic rings. The molecule has 1 aromatic carbocycles. The molecule has 6 nitrogen and oxygen atoms in total. The number of hydrogen-bond acceptors (Lipinski definition) is 4. The van der Waals surface area contributed by atoms with Gasteiger partial charge in [-0.25, -0.2) is 0 Å². The van der Waals surface area contributed by atoms with Gasteiger partial charge in [-0.2, -0.15) is 0 Å². The number of para-hydroxylation sites is 1. The van der Waals surface area contributed by atoms with Crippen molar-refractivity contribution in [3.05, 3.63) is 42.5 Å². The number of amides is 1. The molecule has 0 bridgehead atoms. The molecule has 0 radical (unpaired) electrons. The molecule has 116 valence electrons. The zero-order valence-corrected chi connectivity index (χ0v) is 12.6. The molecule has 1 aromatic heterocycles. The molecule has 22 heavy (non-hydrogen) atoms. The molecule has 3 rings (SSSR count). The summed E-state index contributed by atoms with van der Waals surface area (Å²) in [7, 11) is 0. The minimum absolute atomic E-state index is 0.116. The van der Waals surface area contributed by atoms with E-state index in [0.29, 0.717) is 19.4 Å². The first-order valence-corrected chi connectivity index (χ1v) is 7.72. The predicted octanol–water partition coefficient (Wildman–Crippen LogP) is 1.15. The maximum atomic E-state index is 12.3. The van der Waals surface area contributed by atoms with Crippen molar-refractivity contribution in [1.82, 2.24) is 19.7 Å². The van der Waals surface area contributed by atoms with Crippen molar-refractivity contribution in [2.24, 2.45) is 5.73 Å². The van der Waals surface area contributed by atoms with E-state index >= 15 is 0 Å². The quantitative estimate of drug-likeness (QED) is 0.918. The number of nitrogens with two attached hydrogens (primary N) is 1. The van der Waals surface area contributed by atoms with Crippen LogP contribution in [0.2, 0.25) is 0 Å². The van der Waals surface area contributed by atoms with Gasteiger partial charge in [0, 0.05) is 37.7 Å². The fraction of sp³-hybridized carbons (Fsp3) is 0.438. The first-order valence-electron chi connectivity index (χ1n) is 7.72. The SMILES string of the molecule is N[C@H]1CCCN(C(=O)CCc2nncn2-c2ccccc2)C1. The summed E-state index contributed by atoms with van der Waals surface area (Å²) >= 11 is 0. The van der Waals surface area contributed by atoms with E-state index in [1.807, 2.05) is 39.8 Å². The Morgan fingerprint density at radius 2 is 2.14 bits per heavy atom. The van der Waals surface area contributed by atoms with Crippen molar-refractivity contribution in [2.45, 2.75) is 31.7 Å². The fourth-order valence-corrected chi connectivity index (χ4v) is 2.85. The van der Waals surface area contributed by atoms with Crippen LogP contribution in [0.5, 0.6) is 0 Å². The smallest absolute Gasteiger partial charge is 0.223 e. The molecule has 1 atom stereocenters. The second-order valence-electron chi connectivity index (χ2n) is 5.69. The van der Waals surface area contributed by atoms with Crippen LogP contribution in [-0.4, -0.2) is 44.7 Å². The summed E-state index contributed by atoms with van der Waals surface area (Å²) in [6.45, 7) is 1.49. The monoisotopic (exact) mass is 299 g/mol. The van der Waals surface area contributed by atoms with Crippen LogP contribution in [-0.2, 0) is 11.2 Å². The molecular formula is C16H21N5O. The van der Waals surface area contributed by atoms with E-state index in [0.717, 1.165) is 30.9 Å². The number of nitrogens with zero attached hydrogens (tertiary/aromatic N) is 4. The lowest BCUT2D eigenvalue weighted by atomic mass is 10.1. The van der Waals surface area contributed by atoms with Gasteiger partial charge < -0.3 is 10.6 Å². The van der Waals surface area contributed by atoms with Gasteiger partial charge in [-0.3, -0.25) is 9.36 Å². The van der Waals surface area contributed by atoms with Crippen molar-refractivity contribution in [2.75, 3.05) is 13.1 Å². The van der Waals surface area contributed by atoms with Crippen molar-refractivity contribution in [3.63, 3.8) is 0 Å². The van der Waals surface area contributed by atoms with E-state index in [1.54, 1.807) is 6.33 Å². The number of rotatable bonds is 4. The van der Waals surface area contributed by atoms with Crippen molar-refractivity contribution >= 4 is 5.91 Å². The van der Waals surface area contributed by atoms with Crippen LogP contribution in [0.15, 0.2) is 36.7 Å². The second-order valence-corrected chi connectivity index (χ2v) is 5.69. The third-order valence-corrected chi connectivity index (χ3v) is 4.03. The maximum Gasteiger partial charge on any atom is 0.223 e. The highest BCUT2D eigenvalue weighted by Gasteiger charge is 2.21. The van der Waals surface area contributed by atoms with Gasteiger partial charge >= 0.3 is 0 Å². The summed E-state index contributed by atoms with van der Waals surface area (Å²) in [5.74, 6) is 0.957. The number of aromatic nitrogens is 3. The molecular weight excluding hydrogens is 278 g/mol. The number of aryl methyl sites for hydroxylation is 1. The van der Waals surface area contributed by atoms with Crippen molar-refractivity contribution < 1.29 is 4.79 Å². The van der Waals surface area contributed by atoms with Crippen molar-refractivity contribution in [3.8, 4) is 5.69 Å². The third kappa shape index (κ3) is 3.33. The molecule has 1 amide bonds.